The van der Waals surface area contributed by atoms with Crippen LogP contribution in [0.3, 0.4) is 0 Å². The van der Waals surface area contributed by atoms with Gasteiger partial charge in [0.25, 0.3) is 0 Å². The van der Waals surface area contributed by atoms with Gasteiger partial charge in [-0.25, -0.2) is 4.79 Å². The molecule has 33 heavy (non-hydrogen) atoms. The molecule has 0 heterocycles. The first kappa shape index (κ1) is 26.3. The Morgan fingerprint density at radius 1 is 0.909 bits per heavy atom. The standard InChI is InChI=1S/C17H34NO.C11H14O3/c1-18(2,15-16-9-5-3-6-10-16)13-14-19-17-11-7-4-8-12-17;12-10-6-8-4-2-1-3-7(8)5-9(10)11(13)14/h16-17H,3-15H2,1-2H3;12H,1-6H2,(H,13,14)/q+1;/p-1. The summed E-state index contributed by atoms with van der Waals surface area (Å²) in [6.45, 7) is 3.51. The third-order valence-corrected chi connectivity index (χ3v) is 8.15. The van der Waals surface area contributed by atoms with Gasteiger partial charge in [-0.05, 0) is 64.2 Å². The maximum Gasteiger partial charge on any atom is 0.330 e. The van der Waals surface area contributed by atoms with Crippen LogP contribution >= 0.6 is 0 Å². The van der Waals surface area contributed by atoms with Gasteiger partial charge in [-0.3, -0.25) is 0 Å². The zero-order valence-corrected chi connectivity index (χ0v) is 21.2. The van der Waals surface area contributed by atoms with Crippen molar-refractivity contribution in [2.45, 2.75) is 109 Å². The summed E-state index contributed by atoms with van der Waals surface area (Å²) in [4.78, 5) is 10.8. The summed E-state index contributed by atoms with van der Waals surface area (Å²) in [5, 5.41) is 20.3. The van der Waals surface area contributed by atoms with Gasteiger partial charge in [-0.1, -0.05) is 49.7 Å². The van der Waals surface area contributed by atoms with Gasteiger partial charge in [0, 0.05) is 11.5 Å². The quantitative estimate of drug-likeness (QED) is 0.410. The van der Waals surface area contributed by atoms with Crippen LogP contribution in [0.1, 0.15) is 103 Å². The van der Waals surface area contributed by atoms with Crippen LogP contribution in [0.2, 0.25) is 0 Å². The number of hydrogen-bond acceptors (Lipinski definition) is 3. The first-order valence-corrected chi connectivity index (χ1v) is 13.6. The van der Waals surface area contributed by atoms with Gasteiger partial charge in [0.15, 0.2) is 0 Å². The number of quaternary nitrogens is 1. The predicted molar refractivity (Wildman–Crippen MR) is 131 cm³/mol. The van der Waals surface area contributed by atoms with E-state index in [1.54, 1.807) is 0 Å². The monoisotopic (exact) mass is 461 g/mol. The molecule has 0 saturated heterocycles. The maximum atomic E-state index is 11.4. The predicted octanol–water partition coefficient (Wildman–Crippen LogP) is 5.34. The van der Waals surface area contributed by atoms with Crippen molar-refractivity contribution in [1.29, 1.82) is 0 Å². The van der Waals surface area contributed by atoms with Crippen molar-refractivity contribution in [3.63, 3.8) is 0 Å². The van der Waals surface area contributed by atoms with E-state index in [1.165, 1.54) is 88.4 Å². The highest BCUT2D eigenvalue weighted by Gasteiger charge is 2.24. The molecule has 188 valence electrons. The molecule has 0 atom stereocenters. The zero-order valence-electron chi connectivity index (χ0n) is 21.2. The molecule has 0 amide bonds. The largest absolute Gasteiger partial charge is 0.875 e. The van der Waals surface area contributed by atoms with E-state index in [0.29, 0.717) is 18.9 Å². The molecule has 0 spiro atoms. The highest BCUT2D eigenvalue weighted by molar-refractivity contribution is 5.88. The van der Waals surface area contributed by atoms with Crippen LogP contribution in [-0.4, -0.2) is 55.5 Å². The van der Waals surface area contributed by atoms with E-state index in [1.807, 2.05) is 0 Å². The fourth-order valence-corrected chi connectivity index (χ4v) is 6.12. The summed E-state index contributed by atoms with van der Waals surface area (Å²) in [5.41, 5.74) is 2.52. The molecule has 0 aliphatic heterocycles. The highest BCUT2D eigenvalue weighted by atomic mass is 16.5. The van der Waals surface area contributed by atoms with Crippen molar-refractivity contribution in [2.24, 2.45) is 5.92 Å². The van der Waals surface area contributed by atoms with Crippen molar-refractivity contribution in [3.8, 4) is 0 Å². The van der Waals surface area contributed by atoms with Gasteiger partial charge in [0.2, 0.25) is 0 Å². The number of carbonyl (C=O) groups is 1. The summed E-state index contributed by atoms with van der Waals surface area (Å²) in [6, 6.07) is 0. The third kappa shape index (κ3) is 8.75. The number of allylic oxidation sites excluding steroid dienone is 2. The van der Waals surface area contributed by atoms with Crippen LogP contribution in [0.15, 0.2) is 22.5 Å². The van der Waals surface area contributed by atoms with Crippen LogP contribution in [0, 0.1) is 5.92 Å². The lowest BCUT2D eigenvalue weighted by Gasteiger charge is -2.35. The third-order valence-electron chi connectivity index (χ3n) is 8.15. The minimum atomic E-state index is -1.04. The summed E-state index contributed by atoms with van der Waals surface area (Å²) in [5.74, 6) is -0.247. The molecule has 4 aliphatic rings. The van der Waals surface area contributed by atoms with Gasteiger partial charge >= 0.3 is 5.97 Å². The number of hydrogen-bond donors (Lipinski definition) is 1. The lowest BCUT2D eigenvalue weighted by atomic mass is 9.81. The van der Waals surface area contributed by atoms with Crippen molar-refractivity contribution in [3.05, 3.63) is 22.5 Å². The maximum absolute atomic E-state index is 11.4. The minimum Gasteiger partial charge on any atom is -0.875 e. The molecule has 0 aromatic heterocycles. The molecular weight excluding hydrogens is 414 g/mol. The molecule has 2 fully saturated rings. The Balaban J connectivity index is 0.000000194. The molecule has 2 saturated carbocycles. The Labute approximate surface area is 201 Å². The molecule has 0 aromatic rings. The average molecular weight is 462 g/mol. The average Bonchev–Trinajstić information content (AvgIpc) is 2.80. The molecule has 1 N–H and O–H groups in total. The lowest BCUT2D eigenvalue weighted by molar-refractivity contribution is -0.894. The number of nitrogens with zero attached hydrogens (tertiary/aromatic N) is 1. The molecule has 0 radical (unpaired) electrons. The fourth-order valence-electron chi connectivity index (χ4n) is 6.12. The summed E-state index contributed by atoms with van der Waals surface area (Å²) < 4.78 is 7.24. The Morgan fingerprint density at radius 2 is 1.48 bits per heavy atom. The fraction of sp³-hybridized carbons (Fsp3) is 0.821. The van der Waals surface area contributed by atoms with Crippen molar-refractivity contribution >= 4 is 5.97 Å². The first-order valence-electron chi connectivity index (χ1n) is 13.6. The molecule has 0 bridgehead atoms. The van der Waals surface area contributed by atoms with E-state index < -0.39 is 5.97 Å². The lowest BCUT2D eigenvalue weighted by Crippen LogP contribution is -2.46. The molecule has 5 heteroatoms. The molecule has 4 rings (SSSR count). The number of aliphatic carboxylic acids is 1. The normalized spacial score (nSPS) is 23.1. The molecule has 0 aromatic carbocycles. The smallest absolute Gasteiger partial charge is 0.330 e. The van der Waals surface area contributed by atoms with Crippen molar-refractivity contribution in [2.75, 3.05) is 33.8 Å². The Bertz CT molecular complexity index is 697. The number of carboxylic acid groups (broad SMARTS) is 1. The molecule has 4 aliphatic carbocycles. The molecular formula is C28H47NO4. The second kappa shape index (κ2) is 12.9. The molecule has 0 unspecified atom stereocenters. The van der Waals surface area contributed by atoms with Crippen LogP contribution in [0.4, 0.5) is 0 Å². The zero-order chi connectivity index (χ0) is 23.7. The van der Waals surface area contributed by atoms with Crippen LogP contribution < -0.4 is 5.11 Å². The van der Waals surface area contributed by atoms with E-state index in [4.69, 9.17) is 9.84 Å². The van der Waals surface area contributed by atoms with Gasteiger partial charge in [0.1, 0.15) is 6.54 Å². The summed E-state index contributed by atoms with van der Waals surface area (Å²) >= 11 is 0. The summed E-state index contributed by atoms with van der Waals surface area (Å²) in [7, 11) is 4.78. The van der Waals surface area contributed by atoms with E-state index in [9.17, 15) is 9.90 Å². The second-order valence-electron chi connectivity index (χ2n) is 11.5. The summed E-state index contributed by atoms with van der Waals surface area (Å²) in [6.07, 6.45) is 19.7. The van der Waals surface area contributed by atoms with Gasteiger partial charge < -0.3 is 19.4 Å². The van der Waals surface area contributed by atoms with Crippen LogP contribution in [-0.2, 0) is 9.53 Å². The van der Waals surface area contributed by atoms with Gasteiger partial charge in [-0.2, -0.15) is 0 Å². The minimum absolute atomic E-state index is 0.0886. The highest BCUT2D eigenvalue weighted by Crippen LogP contribution is 2.36. The first-order chi connectivity index (χ1) is 15.8. The Morgan fingerprint density at radius 3 is 2.09 bits per heavy atom. The van der Waals surface area contributed by atoms with E-state index in [-0.39, 0.29) is 11.3 Å². The second-order valence-corrected chi connectivity index (χ2v) is 11.5. The van der Waals surface area contributed by atoms with E-state index in [0.717, 1.165) is 42.7 Å². The Hall–Kier alpha value is -1.33. The van der Waals surface area contributed by atoms with E-state index in [2.05, 4.69) is 14.1 Å². The van der Waals surface area contributed by atoms with Crippen LogP contribution in [0.25, 0.3) is 0 Å². The van der Waals surface area contributed by atoms with Gasteiger partial charge in [-0.15, -0.1) is 5.76 Å². The van der Waals surface area contributed by atoms with Crippen LogP contribution in [0.5, 0.6) is 0 Å². The number of likely N-dealkylation sites (N-methyl/N-ethyl adjacent to an activating group) is 1. The van der Waals surface area contributed by atoms with E-state index >= 15 is 0 Å². The number of rotatable bonds is 7. The van der Waals surface area contributed by atoms with Crippen molar-refractivity contribution < 1.29 is 24.2 Å². The van der Waals surface area contributed by atoms with Crippen molar-refractivity contribution in [1.82, 2.24) is 0 Å². The van der Waals surface area contributed by atoms with Gasteiger partial charge in [0.05, 0.1) is 33.4 Å². The SMILES string of the molecule is C[N+](C)(CCOC1CCCCC1)CC1CCCCC1.O=C(O)C1=C([O-])CC2=C(CCCC2)C1. The molecule has 5 nitrogen and oxygen atoms in total. The topological polar surface area (TPSA) is 69.6 Å². The Kier molecular flexibility index (Phi) is 10.3. The number of carboxylic acids is 1. The number of ether oxygens (including phenoxy) is 1.